The van der Waals surface area contributed by atoms with Gasteiger partial charge in [-0.1, -0.05) is 310 Å². The van der Waals surface area contributed by atoms with Gasteiger partial charge in [-0.3, -0.25) is 14.4 Å². The van der Waals surface area contributed by atoms with Crippen molar-refractivity contribution >= 4 is 17.9 Å². The molecule has 0 aromatic rings. The first kappa shape index (κ1) is 77.1. The lowest BCUT2D eigenvalue weighted by atomic mass is 10.0. The van der Waals surface area contributed by atoms with E-state index < -0.39 is 6.10 Å². The van der Waals surface area contributed by atoms with E-state index in [-0.39, 0.29) is 31.1 Å². The molecule has 0 spiro atoms. The maximum atomic E-state index is 12.9. The second-order valence-electron chi connectivity index (χ2n) is 22.7. The molecule has 0 saturated carbocycles. The molecule has 0 heterocycles. The van der Waals surface area contributed by atoms with Crippen molar-refractivity contribution in [3.63, 3.8) is 0 Å². The molecule has 0 fully saturated rings. The van der Waals surface area contributed by atoms with Crippen molar-refractivity contribution in [1.29, 1.82) is 0 Å². The van der Waals surface area contributed by atoms with Gasteiger partial charge in [-0.15, -0.1) is 0 Å². The Balaban J connectivity index is 4.41. The molecular formula is C75H128O6. The molecular weight excluding hydrogens is 997 g/mol. The second kappa shape index (κ2) is 68.6. The Bertz CT molecular complexity index is 1620. The number of esters is 3. The molecule has 0 amide bonds. The van der Waals surface area contributed by atoms with Crippen LogP contribution in [0.1, 0.15) is 329 Å². The van der Waals surface area contributed by atoms with Crippen molar-refractivity contribution in [1.82, 2.24) is 0 Å². The number of carbonyl (C=O) groups excluding carboxylic acids is 3. The molecule has 6 heteroatoms. The van der Waals surface area contributed by atoms with E-state index in [1.165, 1.54) is 154 Å². The molecule has 1 unspecified atom stereocenters. The normalized spacial score (nSPS) is 12.8. The third-order valence-electron chi connectivity index (χ3n) is 14.8. The van der Waals surface area contributed by atoms with Gasteiger partial charge < -0.3 is 14.2 Å². The Morgan fingerprint density at radius 1 is 0.259 bits per heavy atom. The summed E-state index contributed by atoms with van der Waals surface area (Å²) in [7, 11) is 0. The summed E-state index contributed by atoms with van der Waals surface area (Å²) in [5.74, 6) is -0.900. The maximum Gasteiger partial charge on any atom is 0.306 e. The van der Waals surface area contributed by atoms with E-state index in [0.717, 1.165) is 135 Å². The van der Waals surface area contributed by atoms with E-state index in [1.807, 2.05) is 0 Å². The number of hydrogen-bond donors (Lipinski definition) is 0. The fourth-order valence-electron chi connectivity index (χ4n) is 9.63. The average Bonchev–Trinajstić information content (AvgIpc) is 3.47. The molecule has 0 rings (SSSR count). The van der Waals surface area contributed by atoms with Gasteiger partial charge in [-0.05, 0) is 109 Å². The van der Waals surface area contributed by atoms with E-state index in [1.54, 1.807) is 0 Å². The molecule has 6 nitrogen and oxygen atoms in total. The molecule has 0 aromatic carbocycles. The van der Waals surface area contributed by atoms with Crippen LogP contribution in [-0.2, 0) is 28.6 Å². The van der Waals surface area contributed by atoms with Gasteiger partial charge in [0.15, 0.2) is 6.10 Å². The highest BCUT2D eigenvalue weighted by molar-refractivity contribution is 5.71. The van der Waals surface area contributed by atoms with Gasteiger partial charge >= 0.3 is 17.9 Å². The van der Waals surface area contributed by atoms with Crippen LogP contribution in [0.4, 0.5) is 0 Å². The number of carbonyl (C=O) groups is 3. The van der Waals surface area contributed by atoms with Gasteiger partial charge in [0.25, 0.3) is 0 Å². The number of hydrogen-bond acceptors (Lipinski definition) is 6. The summed E-state index contributed by atoms with van der Waals surface area (Å²) in [5.41, 5.74) is 0. The first-order valence-corrected chi connectivity index (χ1v) is 34.4. The number of unbranched alkanes of at least 4 members (excludes halogenated alkanes) is 33. The molecule has 0 aromatic heterocycles. The third-order valence-corrected chi connectivity index (χ3v) is 14.8. The molecule has 0 aliphatic heterocycles. The van der Waals surface area contributed by atoms with Gasteiger partial charge in [0.2, 0.25) is 0 Å². The van der Waals surface area contributed by atoms with Crippen LogP contribution in [0.2, 0.25) is 0 Å². The Hall–Kier alpha value is -3.93. The minimum Gasteiger partial charge on any atom is -0.462 e. The Labute approximate surface area is 501 Å². The summed E-state index contributed by atoms with van der Waals surface area (Å²) < 4.78 is 17.0. The molecule has 0 saturated heterocycles. The summed E-state index contributed by atoms with van der Waals surface area (Å²) >= 11 is 0. The van der Waals surface area contributed by atoms with Crippen LogP contribution >= 0.6 is 0 Å². The Morgan fingerprint density at radius 3 is 0.765 bits per heavy atom. The van der Waals surface area contributed by atoms with Crippen molar-refractivity contribution in [2.24, 2.45) is 0 Å². The first-order valence-electron chi connectivity index (χ1n) is 34.4. The molecule has 0 aliphatic rings. The summed E-state index contributed by atoms with van der Waals surface area (Å²) in [6.07, 6.45) is 93.8. The van der Waals surface area contributed by atoms with Crippen molar-refractivity contribution in [3.8, 4) is 0 Å². The highest BCUT2D eigenvalue weighted by Gasteiger charge is 2.19. The summed E-state index contributed by atoms with van der Waals surface area (Å²) in [6, 6.07) is 0. The monoisotopic (exact) mass is 1120 g/mol. The highest BCUT2D eigenvalue weighted by atomic mass is 16.6. The maximum absolute atomic E-state index is 12.9. The van der Waals surface area contributed by atoms with Gasteiger partial charge in [-0.2, -0.15) is 0 Å². The van der Waals surface area contributed by atoms with Gasteiger partial charge in [0, 0.05) is 19.3 Å². The average molecular weight is 1130 g/mol. The minimum absolute atomic E-state index is 0.0856. The number of allylic oxidation sites excluding steroid dienone is 18. The van der Waals surface area contributed by atoms with E-state index in [0.29, 0.717) is 19.3 Å². The fourth-order valence-corrected chi connectivity index (χ4v) is 9.63. The minimum atomic E-state index is -0.793. The summed E-state index contributed by atoms with van der Waals surface area (Å²) in [6.45, 7) is 6.53. The summed E-state index contributed by atoms with van der Waals surface area (Å²) in [5, 5.41) is 0. The van der Waals surface area contributed by atoms with Crippen LogP contribution in [0.15, 0.2) is 109 Å². The molecule has 464 valence electrons. The lowest BCUT2D eigenvalue weighted by Gasteiger charge is -2.18. The van der Waals surface area contributed by atoms with Gasteiger partial charge in [-0.25, -0.2) is 0 Å². The van der Waals surface area contributed by atoms with Crippen LogP contribution in [-0.4, -0.2) is 37.2 Å². The predicted octanol–water partition coefficient (Wildman–Crippen LogP) is 23.8. The second-order valence-corrected chi connectivity index (χ2v) is 22.7. The SMILES string of the molecule is CC/C=C\C/C=C\C/C=C\C/C=C\C/C=C\C/C=C\C/C=C\CCCCCCCC(=O)OCC(COC(=O)CCCCCCCCCCCCCCCCCCCC)OC(=O)CCCCCCCCC/C=C\C/C=C\CCCCCC. The molecule has 1 atom stereocenters. The number of rotatable bonds is 62. The standard InChI is InChI=1S/C75H128O6/c1-4-7-10-13-16-19-22-25-28-31-34-35-36-37-38-39-40-41-42-45-47-50-53-56-59-62-65-68-74(77)80-71-72(81-75(78)69-66-63-60-57-54-51-48-44-33-30-27-24-21-18-15-12-9-6-3)70-79-73(76)67-64-61-58-55-52-49-46-43-32-29-26-23-20-17-14-11-8-5-2/h7,10,16,19,21,24-25,28,30,33-35,37-38,40-41,45,47,72H,4-6,8-9,11-15,17-18,20,22-23,26-27,29,31-32,36,39,42-44,46,48-71H2,1-3H3/b10-7-,19-16-,24-21-,28-25-,33-30-,35-34-,38-37-,41-40-,47-45-. The van der Waals surface area contributed by atoms with Crippen molar-refractivity contribution in [2.75, 3.05) is 13.2 Å². The smallest absolute Gasteiger partial charge is 0.306 e. The van der Waals surface area contributed by atoms with E-state index in [2.05, 4.69) is 130 Å². The van der Waals surface area contributed by atoms with Crippen LogP contribution in [0.25, 0.3) is 0 Å². The van der Waals surface area contributed by atoms with E-state index in [4.69, 9.17) is 14.2 Å². The first-order chi connectivity index (χ1) is 40.0. The molecule has 0 N–H and O–H groups in total. The molecule has 0 bridgehead atoms. The zero-order chi connectivity index (χ0) is 58.5. The van der Waals surface area contributed by atoms with Crippen LogP contribution in [0, 0.1) is 0 Å². The van der Waals surface area contributed by atoms with Crippen molar-refractivity contribution in [3.05, 3.63) is 109 Å². The fraction of sp³-hybridized carbons (Fsp3) is 0.720. The van der Waals surface area contributed by atoms with Crippen LogP contribution in [0.5, 0.6) is 0 Å². The van der Waals surface area contributed by atoms with Crippen LogP contribution in [0.3, 0.4) is 0 Å². The Kier molecular flexibility index (Phi) is 65.2. The lowest BCUT2D eigenvalue weighted by Crippen LogP contribution is -2.30. The molecule has 81 heavy (non-hydrogen) atoms. The molecule has 0 radical (unpaired) electrons. The summed E-state index contributed by atoms with van der Waals surface area (Å²) in [4.78, 5) is 38.4. The van der Waals surface area contributed by atoms with E-state index in [9.17, 15) is 14.4 Å². The third kappa shape index (κ3) is 66.8. The van der Waals surface area contributed by atoms with Crippen LogP contribution < -0.4 is 0 Å². The molecule has 0 aliphatic carbocycles. The predicted molar refractivity (Wildman–Crippen MR) is 353 cm³/mol. The quantitative estimate of drug-likeness (QED) is 0.0261. The largest absolute Gasteiger partial charge is 0.462 e. The van der Waals surface area contributed by atoms with Gasteiger partial charge in [0.1, 0.15) is 13.2 Å². The van der Waals surface area contributed by atoms with Crippen molar-refractivity contribution < 1.29 is 28.6 Å². The number of ether oxygens (including phenoxy) is 3. The zero-order valence-corrected chi connectivity index (χ0v) is 53.3. The van der Waals surface area contributed by atoms with Crippen molar-refractivity contribution in [2.45, 2.75) is 335 Å². The van der Waals surface area contributed by atoms with Gasteiger partial charge in [0.05, 0.1) is 0 Å². The van der Waals surface area contributed by atoms with E-state index >= 15 is 0 Å². The highest BCUT2D eigenvalue weighted by Crippen LogP contribution is 2.17. The zero-order valence-electron chi connectivity index (χ0n) is 53.3. The lowest BCUT2D eigenvalue weighted by molar-refractivity contribution is -0.167. The Morgan fingerprint density at radius 2 is 0.481 bits per heavy atom. The topological polar surface area (TPSA) is 78.9 Å².